The molecule has 2 rings (SSSR count). The van der Waals surface area contributed by atoms with E-state index in [2.05, 4.69) is 12.2 Å². The van der Waals surface area contributed by atoms with E-state index in [4.69, 9.17) is 4.42 Å². The molecule has 1 aromatic carbocycles. The van der Waals surface area contributed by atoms with Gasteiger partial charge >= 0.3 is 0 Å². The van der Waals surface area contributed by atoms with Crippen LogP contribution in [0.5, 0.6) is 0 Å². The molecule has 0 radical (unpaired) electrons. The summed E-state index contributed by atoms with van der Waals surface area (Å²) in [7, 11) is 3.93. The van der Waals surface area contributed by atoms with Gasteiger partial charge in [-0.25, -0.2) is 0 Å². The molecule has 1 atom stereocenters. The highest BCUT2D eigenvalue weighted by molar-refractivity contribution is 5.93. The molecule has 152 valence electrons. The van der Waals surface area contributed by atoms with E-state index in [1.807, 2.05) is 62.9 Å². The van der Waals surface area contributed by atoms with Gasteiger partial charge in [0.05, 0.1) is 6.26 Å². The topological polar surface area (TPSA) is 65.8 Å². The SMILES string of the molecule is CCC(C)N(Cc1cc(NC(=O)C(C)C)ccc1N(C)C)C(=O)c1ccco1. The fraction of sp³-hybridized carbons (Fsp3) is 0.455. The van der Waals surface area contributed by atoms with Gasteiger partial charge in [0.25, 0.3) is 5.91 Å². The number of anilines is 2. The highest BCUT2D eigenvalue weighted by atomic mass is 16.3. The molecule has 0 aliphatic carbocycles. The molecule has 2 amide bonds. The molecule has 1 unspecified atom stereocenters. The summed E-state index contributed by atoms with van der Waals surface area (Å²) >= 11 is 0. The van der Waals surface area contributed by atoms with Crippen molar-refractivity contribution in [3.8, 4) is 0 Å². The maximum absolute atomic E-state index is 13.0. The third-order valence-electron chi connectivity index (χ3n) is 4.81. The minimum Gasteiger partial charge on any atom is -0.459 e. The number of hydrogen-bond acceptors (Lipinski definition) is 4. The van der Waals surface area contributed by atoms with Crippen molar-refractivity contribution in [2.75, 3.05) is 24.3 Å². The van der Waals surface area contributed by atoms with Crippen LogP contribution in [0.1, 0.15) is 50.2 Å². The predicted octanol–water partition coefficient (Wildman–Crippen LogP) is 4.38. The van der Waals surface area contributed by atoms with Gasteiger partial charge in [-0.1, -0.05) is 20.8 Å². The van der Waals surface area contributed by atoms with Gasteiger partial charge in [0.2, 0.25) is 5.91 Å². The van der Waals surface area contributed by atoms with E-state index >= 15 is 0 Å². The molecule has 1 aromatic heterocycles. The fourth-order valence-electron chi connectivity index (χ4n) is 2.89. The third-order valence-corrected chi connectivity index (χ3v) is 4.81. The monoisotopic (exact) mass is 385 g/mol. The number of rotatable bonds is 8. The summed E-state index contributed by atoms with van der Waals surface area (Å²) in [6.45, 7) is 8.22. The zero-order chi connectivity index (χ0) is 20.8. The molecular formula is C22H31N3O3. The molecule has 0 saturated heterocycles. The zero-order valence-electron chi connectivity index (χ0n) is 17.7. The summed E-state index contributed by atoms with van der Waals surface area (Å²) in [5.74, 6) is 0.0553. The van der Waals surface area contributed by atoms with Crippen molar-refractivity contribution in [2.24, 2.45) is 5.92 Å². The van der Waals surface area contributed by atoms with E-state index in [0.717, 1.165) is 23.4 Å². The Hall–Kier alpha value is -2.76. The molecule has 0 spiro atoms. The van der Waals surface area contributed by atoms with Crippen molar-refractivity contribution < 1.29 is 14.0 Å². The van der Waals surface area contributed by atoms with Crippen molar-refractivity contribution in [2.45, 2.75) is 46.7 Å². The molecule has 28 heavy (non-hydrogen) atoms. The number of amides is 2. The molecule has 0 fully saturated rings. The summed E-state index contributed by atoms with van der Waals surface area (Å²) in [5.41, 5.74) is 2.70. The van der Waals surface area contributed by atoms with Gasteiger partial charge in [-0.3, -0.25) is 9.59 Å². The third kappa shape index (κ3) is 5.15. The molecule has 6 nitrogen and oxygen atoms in total. The van der Waals surface area contributed by atoms with E-state index in [1.165, 1.54) is 6.26 Å². The van der Waals surface area contributed by atoms with Crippen LogP contribution in [0.2, 0.25) is 0 Å². The summed E-state index contributed by atoms with van der Waals surface area (Å²) in [5, 5.41) is 2.94. The molecule has 1 heterocycles. The van der Waals surface area contributed by atoms with Crippen LogP contribution < -0.4 is 10.2 Å². The maximum Gasteiger partial charge on any atom is 0.290 e. The summed E-state index contributed by atoms with van der Waals surface area (Å²) in [4.78, 5) is 28.9. The Balaban J connectivity index is 2.38. The second-order valence-corrected chi connectivity index (χ2v) is 7.55. The highest BCUT2D eigenvalue weighted by Gasteiger charge is 2.24. The number of carbonyl (C=O) groups is 2. The van der Waals surface area contributed by atoms with Gasteiger partial charge in [-0.2, -0.15) is 0 Å². The van der Waals surface area contributed by atoms with Gasteiger partial charge in [0, 0.05) is 44.0 Å². The Morgan fingerprint density at radius 1 is 1.14 bits per heavy atom. The highest BCUT2D eigenvalue weighted by Crippen LogP contribution is 2.26. The lowest BCUT2D eigenvalue weighted by Gasteiger charge is -2.30. The van der Waals surface area contributed by atoms with E-state index in [1.54, 1.807) is 12.1 Å². The summed E-state index contributed by atoms with van der Waals surface area (Å²) in [6.07, 6.45) is 2.34. The summed E-state index contributed by atoms with van der Waals surface area (Å²) in [6, 6.07) is 9.25. The molecular weight excluding hydrogens is 354 g/mol. The Morgan fingerprint density at radius 2 is 1.86 bits per heavy atom. The molecule has 1 N–H and O–H groups in total. The first kappa shape index (κ1) is 21.5. The fourth-order valence-corrected chi connectivity index (χ4v) is 2.89. The van der Waals surface area contributed by atoms with E-state index in [0.29, 0.717) is 12.3 Å². The molecule has 6 heteroatoms. The van der Waals surface area contributed by atoms with Gasteiger partial charge in [0.15, 0.2) is 5.76 Å². The average Bonchev–Trinajstić information content (AvgIpc) is 3.19. The van der Waals surface area contributed by atoms with Crippen LogP contribution in [0.3, 0.4) is 0 Å². The van der Waals surface area contributed by atoms with Crippen molar-refractivity contribution in [3.05, 3.63) is 47.9 Å². The number of benzene rings is 1. The Kier molecular flexibility index (Phi) is 7.26. The predicted molar refractivity (Wildman–Crippen MR) is 113 cm³/mol. The lowest BCUT2D eigenvalue weighted by molar-refractivity contribution is -0.118. The average molecular weight is 386 g/mol. The smallest absolute Gasteiger partial charge is 0.290 e. The Morgan fingerprint density at radius 3 is 2.39 bits per heavy atom. The quantitative estimate of drug-likeness (QED) is 0.732. The van der Waals surface area contributed by atoms with Crippen molar-refractivity contribution in [1.29, 1.82) is 0 Å². The van der Waals surface area contributed by atoms with Crippen LogP contribution in [0.25, 0.3) is 0 Å². The van der Waals surface area contributed by atoms with Gasteiger partial charge < -0.3 is 19.5 Å². The van der Waals surface area contributed by atoms with Crippen LogP contribution in [-0.2, 0) is 11.3 Å². The minimum atomic E-state index is -0.138. The normalized spacial score (nSPS) is 12.0. The van der Waals surface area contributed by atoms with Gasteiger partial charge in [-0.15, -0.1) is 0 Å². The molecule has 0 aliphatic heterocycles. The van der Waals surface area contributed by atoms with E-state index in [9.17, 15) is 9.59 Å². The second-order valence-electron chi connectivity index (χ2n) is 7.55. The second kappa shape index (κ2) is 9.44. The number of nitrogens with one attached hydrogen (secondary N) is 1. The van der Waals surface area contributed by atoms with Crippen molar-refractivity contribution in [3.63, 3.8) is 0 Å². The standard InChI is InChI=1S/C22H31N3O3/c1-7-16(4)25(22(27)20-9-8-12-28-20)14-17-13-18(23-21(26)15(2)3)10-11-19(17)24(5)6/h8-13,15-16H,7,14H2,1-6H3,(H,23,26). The van der Waals surface area contributed by atoms with Crippen LogP contribution in [0, 0.1) is 5.92 Å². The molecule has 0 bridgehead atoms. The lowest BCUT2D eigenvalue weighted by Crippen LogP contribution is -2.38. The van der Waals surface area contributed by atoms with Crippen LogP contribution in [0.4, 0.5) is 11.4 Å². The van der Waals surface area contributed by atoms with Gasteiger partial charge in [-0.05, 0) is 49.2 Å². The first-order chi connectivity index (χ1) is 13.2. The number of nitrogens with zero attached hydrogens (tertiary/aromatic N) is 2. The van der Waals surface area contributed by atoms with Crippen molar-refractivity contribution >= 4 is 23.2 Å². The number of hydrogen-bond donors (Lipinski definition) is 1. The van der Waals surface area contributed by atoms with Gasteiger partial charge in [0.1, 0.15) is 0 Å². The first-order valence-electron chi connectivity index (χ1n) is 9.70. The lowest BCUT2D eigenvalue weighted by atomic mass is 10.1. The van der Waals surface area contributed by atoms with E-state index in [-0.39, 0.29) is 23.8 Å². The van der Waals surface area contributed by atoms with Crippen LogP contribution in [0.15, 0.2) is 41.0 Å². The maximum atomic E-state index is 13.0. The molecule has 0 aliphatic rings. The van der Waals surface area contributed by atoms with Crippen molar-refractivity contribution in [1.82, 2.24) is 4.90 Å². The first-order valence-corrected chi connectivity index (χ1v) is 9.70. The van der Waals surface area contributed by atoms with Crippen LogP contribution in [-0.4, -0.2) is 36.9 Å². The largest absolute Gasteiger partial charge is 0.459 e. The van der Waals surface area contributed by atoms with E-state index < -0.39 is 0 Å². The van der Waals surface area contributed by atoms with Crippen LogP contribution >= 0.6 is 0 Å². The minimum absolute atomic E-state index is 0.0333. The number of carbonyl (C=O) groups excluding carboxylic acids is 2. The molecule has 2 aromatic rings. The Bertz CT molecular complexity index is 797. The molecule has 0 saturated carbocycles. The summed E-state index contributed by atoms with van der Waals surface area (Å²) < 4.78 is 5.33. The number of furan rings is 1. The zero-order valence-corrected chi connectivity index (χ0v) is 17.7. The Labute approximate surface area is 167 Å².